The van der Waals surface area contributed by atoms with Crippen molar-refractivity contribution >= 4 is 5.91 Å². The Morgan fingerprint density at radius 2 is 2.15 bits per heavy atom. The Hall–Kier alpha value is -1.39. The number of aryl methyl sites for hydroxylation is 1. The van der Waals surface area contributed by atoms with E-state index in [1.165, 1.54) is 5.56 Å². The summed E-state index contributed by atoms with van der Waals surface area (Å²) >= 11 is 0. The minimum absolute atomic E-state index is 0.0256. The SMILES string of the molecule is CCOCCCN1CNC(CCc2ccccc2)C1=O. The highest BCUT2D eigenvalue weighted by atomic mass is 16.5. The zero-order valence-electron chi connectivity index (χ0n) is 12.2. The van der Waals surface area contributed by atoms with Gasteiger partial charge in [0.2, 0.25) is 5.91 Å². The third-order valence-electron chi connectivity index (χ3n) is 3.62. The first kappa shape index (κ1) is 15.0. The molecule has 0 aliphatic carbocycles. The number of hydrogen-bond acceptors (Lipinski definition) is 3. The van der Waals surface area contributed by atoms with Crippen LogP contribution < -0.4 is 5.32 Å². The van der Waals surface area contributed by atoms with Crippen LogP contribution in [-0.2, 0) is 16.0 Å². The molecule has 0 radical (unpaired) electrons. The summed E-state index contributed by atoms with van der Waals surface area (Å²) in [4.78, 5) is 14.1. The van der Waals surface area contributed by atoms with Gasteiger partial charge in [0.15, 0.2) is 0 Å². The molecule has 1 aromatic carbocycles. The molecule has 0 aromatic heterocycles. The van der Waals surface area contributed by atoms with Crippen LogP contribution in [0.25, 0.3) is 0 Å². The fourth-order valence-electron chi connectivity index (χ4n) is 2.48. The highest BCUT2D eigenvalue weighted by Crippen LogP contribution is 2.11. The summed E-state index contributed by atoms with van der Waals surface area (Å²) in [5, 5.41) is 3.30. The van der Waals surface area contributed by atoms with Crippen LogP contribution >= 0.6 is 0 Å². The maximum Gasteiger partial charge on any atom is 0.240 e. The van der Waals surface area contributed by atoms with Crippen LogP contribution in [-0.4, -0.2) is 43.3 Å². The summed E-state index contributed by atoms with van der Waals surface area (Å²) in [7, 11) is 0. The van der Waals surface area contributed by atoms with E-state index < -0.39 is 0 Å². The van der Waals surface area contributed by atoms with Crippen LogP contribution in [0.1, 0.15) is 25.3 Å². The maximum atomic E-state index is 12.2. The van der Waals surface area contributed by atoms with Crippen molar-refractivity contribution in [3.05, 3.63) is 35.9 Å². The molecule has 1 saturated heterocycles. The Morgan fingerprint density at radius 3 is 2.90 bits per heavy atom. The lowest BCUT2D eigenvalue weighted by Gasteiger charge is -2.15. The standard InChI is InChI=1S/C16H24N2O2/c1-2-20-12-6-11-18-13-17-15(16(18)19)10-9-14-7-4-3-5-8-14/h3-5,7-8,15,17H,2,6,9-13H2,1H3. The number of ether oxygens (including phenoxy) is 1. The number of hydrogen-bond donors (Lipinski definition) is 1. The average molecular weight is 276 g/mol. The lowest BCUT2D eigenvalue weighted by Crippen LogP contribution is -2.31. The normalized spacial score (nSPS) is 18.8. The number of carbonyl (C=O) groups excluding carboxylic acids is 1. The zero-order chi connectivity index (χ0) is 14.2. The first-order chi connectivity index (χ1) is 9.81. The van der Waals surface area contributed by atoms with Gasteiger partial charge < -0.3 is 9.64 Å². The smallest absolute Gasteiger partial charge is 0.240 e. The fraction of sp³-hybridized carbons (Fsp3) is 0.562. The van der Waals surface area contributed by atoms with Crippen LogP contribution in [0.4, 0.5) is 0 Å². The average Bonchev–Trinajstić information content (AvgIpc) is 2.83. The molecular weight excluding hydrogens is 252 g/mol. The van der Waals surface area contributed by atoms with Crippen LogP contribution in [0.3, 0.4) is 0 Å². The van der Waals surface area contributed by atoms with E-state index in [1.54, 1.807) is 0 Å². The monoisotopic (exact) mass is 276 g/mol. The van der Waals surface area contributed by atoms with Gasteiger partial charge in [0.1, 0.15) is 0 Å². The summed E-state index contributed by atoms with van der Waals surface area (Å²) in [6.45, 7) is 4.92. The quantitative estimate of drug-likeness (QED) is 0.736. The number of rotatable bonds is 8. The largest absolute Gasteiger partial charge is 0.382 e. The third kappa shape index (κ3) is 4.32. The van der Waals surface area contributed by atoms with E-state index in [9.17, 15) is 4.79 Å². The van der Waals surface area contributed by atoms with Gasteiger partial charge in [-0.15, -0.1) is 0 Å². The summed E-state index contributed by atoms with van der Waals surface area (Å²) in [5.41, 5.74) is 1.29. The highest BCUT2D eigenvalue weighted by molar-refractivity contribution is 5.83. The van der Waals surface area contributed by atoms with Crippen molar-refractivity contribution in [1.82, 2.24) is 10.2 Å². The van der Waals surface area contributed by atoms with Gasteiger partial charge in [0.05, 0.1) is 12.7 Å². The Bertz CT molecular complexity index is 408. The van der Waals surface area contributed by atoms with E-state index in [0.29, 0.717) is 6.67 Å². The molecule has 4 nitrogen and oxygen atoms in total. The van der Waals surface area contributed by atoms with Crippen LogP contribution in [0.15, 0.2) is 30.3 Å². The first-order valence-electron chi connectivity index (χ1n) is 7.45. The number of nitrogens with zero attached hydrogens (tertiary/aromatic N) is 1. The molecule has 1 atom stereocenters. The molecule has 1 amide bonds. The molecule has 0 saturated carbocycles. The zero-order valence-corrected chi connectivity index (χ0v) is 12.2. The van der Waals surface area contributed by atoms with E-state index in [0.717, 1.165) is 39.0 Å². The highest BCUT2D eigenvalue weighted by Gasteiger charge is 2.29. The van der Waals surface area contributed by atoms with Crippen LogP contribution in [0, 0.1) is 0 Å². The van der Waals surface area contributed by atoms with Gasteiger partial charge in [0, 0.05) is 19.8 Å². The van der Waals surface area contributed by atoms with E-state index in [-0.39, 0.29) is 11.9 Å². The van der Waals surface area contributed by atoms with Gasteiger partial charge in [-0.05, 0) is 31.7 Å². The predicted octanol–water partition coefficient (Wildman–Crippen LogP) is 1.80. The Kier molecular flexibility index (Phi) is 6.02. The summed E-state index contributed by atoms with van der Waals surface area (Å²) in [6.07, 6.45) is 2.72. The lowest BCUT2D eigenvalue weighted by molar-refractivity contribution is -0.129. The van der Waals surface area contributed by atoms with Gasteiger partial charge >= 0.3 is 0 Å². The van der Waals surface area contributed by atoms with Crippen LogP contribution in [0.5, 0.6) is 0 Å². The molecule has 20 heavy (non-hydrogen) atoms. The van der Waals surface area contributed by atoms with Crippen molar-refractivity contribution in [1.29, 1.82) is 0 Å². The van der Waals surface area contributed by atoms with Crippen molar-refractivity contribution in [3.63, 3.8) is 0 Å². The topological polar surface area (TPSA) is 41.6 Å². The van der Waals surface area contributed by atoms with Crippen molar-refractivity contribution in [3.8, 4) is 0 Å². The number of amides is 1. The van der Waals surface area contributed by atoms with E-state index in [4.69, 9.17) is 4.74 Å². The number of benzene rings is 1. The molecule has 2 rings (SSSR count). The molecule has 1 N–H and O–H groups in total. The predicted molar refractivity (Wildman–Crippen MR) is 79.4 cm³/mol. The summed E-state index contributed by atoms with van der Waals surface area (Å²) in [6, 6.07) is 10.3. The second-order valence-corrected chi connectivity index (χ2v) is 5.09. The molecule has 0 spiro atoms. The third-order valence-corrected chi connectivity index (χ3v) is 3.62. The molecule has 1 aliphatic heterocycles. The molecule has 0 bridgehead atoms. The Labute approximate surface area is 121 Å². The van der Waals surface area contributed by atoms with Gasteiger partial charge in [-0.2, -0.15) is 0 Å². The Balaban J connectivity index is 1.71. The van der Waals surface area contributed by atoms with Crippen molar-refractivity contribution < 1.29 is 9.53 Å². The maximum absolute atomic E-state index is 12.2. The van der Waals surface area contributed by atoms with Crippen molar-refractivity contribution in [2.24, 2.45) is 0 Å². The molecule has 1 heterocycles. The summed E-state index contributed by atoms with van der Waals surface area (Å²) < 4.78 is 5.30. The Morgan fingerprint density at radius 1 is 1.35 bits per heavy atom. The van der Waals surface area contributed by atoms with Gasteiger partial charge in [-0.1, -0.05) is 30.3 Å². The van der Waals surface area contributed by atoms with E-state index >= 15 is 0 Å². The molecular formula is C16H24N2O2. The second-order valence-electron chi connectivity index (χ2n) is 5.09. The molecule has 1 aromatic rings. The minimum Gasteiger partial charge on any atom is -0.382 e. The molecule has 4 heteroatoms. The lowest BCUT2D eigenvalue weighted by atomic mass is 10.1. The van der Waals surface area contributed by atoms with Crippen molar-refractivity contribution in [2.45, 2.75) is 32.2 Å². The fourth-order valence-corrected chi connectivity index (χ4v) is 2.48. The first-order valence-corrected chi connectivity index (χ1v) is 7.45. The molecule has 1 unspecified atom stereocenters. The molecule has 1 aliphatic rings. The van der Waals surface area contributed by atoms with E-state index in [1.807, 2.05) is 30.0 Å². The molecule has 110 valence electrons. The van der Waals surface area contributed by atoms with Gasteiger partial charge in [0.25, 0.3) is 0 Å². The number of nitrogens with one attached hydrogen (secondary N) is 1. The van der Waals surface area contributed by atoms with Crippen molar-refractivity contribution in [2.75, 3.05) is 26.4 Å². The molecule has 1 fully saturated rings. The minimum atomic E-state index is -0.0256. The van der Waals surface area contributed by atoms with Crippen LogP contribution in [0.2, 0.25) is 0 Å². The number of carbonyl (C=O) groups is 1. The summed E-state index contributed by atoms with van der Waals surface area (Å²) in [5.74, 6) is 0.234. The van der Waals surface area contributed by atoms with E-state index in [2.05, 4.69) is 17.4 Å². The second kappa shape index (κ2) is 8.02. The van der Waals surface area contributed by atoms with Gasteiger partial charge in [-0.25, -0.2) is 0 Å². The van der Waals surface area contributed by atoms with Gasteiger partial charge in [-0.3, -0.25) is 10.1 Å².